The average molecular weight is 411 g/mol. The maximum Gasteiger partial charge on any atom is 0.310 e. The predicted octanol–water partition coefficient (Wildman–Crippen LogP) is 5.12. The smallest absolute Gasteiger partial charge is 0.310 e. The van der Waals surface area contributed by atoms with E-state index in [1.165, 1.54) is 22.2 Å². The van der Waals surface area contributed by atoms with Crippen LogP contribution >= 0.6 is 11.6 Å². The van der Waals surface area contributed by atoms with E-state index in [-0.39, 0.29) is 11.9 Å². The van der Waals surface area contributed by atoms with Crippen molar-refractivity contribution < 1.29 is 9.53 Å². The highest BCUT2D eigenvalue weighted by atomic mass is 35.5. The zero-order chi connectivity index (χ0) is 20.2. The molecule has 5 heteroatoms. The molecule has 4 rings (SSSR count). The molecule has 0 saturated carbocycles. The average Bonchev–Trinajstić information content (AvgIpc) is 3.07. The Labute approximate surface area is 177 Å². The summed E-state index contributed by atoms with van der Waals surface area (Å²) in [5.41, 5.74) is 3.72. The normalized spacial score (nSPS) is 17.5. The number of hydrogen-bond donors (Lipinski definition) is 0. The third kappa shape index (κ3) is 4.65. The predicted molar refractivity (Wildman–Crippen MR) is 117 cm³/mol. The van der Waals surface area contributed by atoms with Crippen LogP contribution in [0, 0.1) is 5.92 Å². The van der Waals surface area contributed by atoms with Crippen molar-refractivity contribution in [3.8, 4) is 0 Å². The Morgan fingerprint density at radius 3 is 2.72 bits per heavy atom. The Kier molecular flexibility index (Phi) is 6.22. The zero-order valence-electron chi connectivity index (χ0n) is 16.8. The number of carbonyl (C=O) groups is 1. The van der Waals surface area contributed by atoms with Gasteiger partial charge in [0.1, 0.15) is 0 Å². The standard InChI is InChI=1S/C24H27ClN2O2/c1-2-29-24(28)20-7-5-13-26(16-20)17-22-14-19-6-3-4-8-23(19)27(22)15-18-9-11-21(25)12-10-18/h3-4,6,8-12,14,20H,2,5,7,13,15-17H2,1H3. The van der Waals surface area contributed by atoms with Crippen molar-refractivity contribution in [3.63, 3.8) is 0 Å². The topological polar surface area (TPSA) is 34.5 Å². The lowest BCUT2D eigenvalue weighted by Gasteiger charge is -2.31. The SMILES string of the molecule is CCOC(=O)C1CCCN(Cc2cc3ccccc3n2Cc2ccc(Cl)cc2)C1. The quantitative estimate of drug-likeness (QED) is 0.529. The van der Waals surface area contributed by atoms with E-state index >= 15 is 0 Å². The number of piperidine rings is 1. The highest BCUT2D eigenvalue weighted by Crippen LogP contribution is 2.25. The maximum absolute atomic E-state index is 12.2. The number of para-hydroxylation sites is 1. The van der Waals surface area contributed by atoms with E-state index in [4.69, 9.17) is 16.3 Å². The molecule has 0 radical (unpaired) electrons. The molecule has 1 unspecified atom stereocenters. The van der Waals surface area contributed by atoms with E-state index in [9.17, 15) is 4.79 Å². The lowest BCUT2D eigenvalue weighted by atomic mass is 9.98. The molecule has 1 fully saturated rings. The Morgan fingerprint density at radius 2 is 1.93 bits per heavy atom. The fourth-order valence-electron chi connectivity index (χ4n) is 4.24. The van der Waals surface area contributed by atoms with Gasteiger partial charge in [-0.3, -0.25) is 9.69 Å². The zero-order valence-corrected chi connectivity index (χ0v) is 17.6. The van der Waals surface area contributed by atoms with Gasteiger partial charge in [-0.15, -0.1) is 0 Å². The van der Waals surface area contributed by atoms with Gasteiger partial charge in [-0.25, -0.2) is 0 Å². The molecule has 4 nitrogen and oxygen atoms in total. The minimum absolute atomic E-state index is 0.0159. The summed E-state index contributed by atoms with van der Waals surface area (Å²) >= 11 is 6.06. The molecule has 0 aliphatic carbocycles. The molecular formula is C24H27ClN2O2. The van der Waals surface area contributed by atoms with E-state index < -0.39 is 0 Å². The molecule has 152 valence electrons. The number of hydrogen-bond acceptors (Lipinski definition) is 3. The second-order valence-corrected chi connectivity index (χ2v) is 8.17. The number of halogens is 1. The monoisotopic (exact) mass is 410 g/mol. The van der Waals surface area contributed by atoms with Gasteiger partial charge in [0.2, 0.25) is 0 Å². The second kappa shape index (κ2) is 9.02. The van der Waals surface area contributed by atoms with Gasteiger partial charge in [0.15, 0.2) is 0 Å². The second-order valence-electron chi connectivity index (χ2n) is 7.73. The van der Waals surface area contributed by atoms with E-state index in [0.717, 1.165) is 44.0 Å². The van der Waals surface area contributed by atoms with Gasteiger partial charge in [0.05, 0.1) is 12.5 Å². The van der Waals surface area contributed by atoms with Gasteiger partial charge < -0.3 is 9.30 Å². The summed E-state index contributed by atoms with van der Waals surface area (Å²) in [5.74, 6) is -0.0725. The molecule has 29 heavy (non-hydrogen) atoms. The van der Waals surface area contributed by atoms with Crippen LogP contribution in [0.5, 0.6) is 0 Å². The third-order valence-corrected chi connectivity index (χ3v) is 5.91. The van der Waals surface area contributed by atoms with Crippen LogP contribution in [0.1, 0.15) is 31.0 Å². The molecule has 0 spiro atoms. The Bertz CT molecular complexity index is 980. The number of benzene rings is 2. The summed E-state index contributed by atoms with van der Waals surface area (Å²) in [6, 6.07) is 18.8. The highest BCUT2D eigenvalue weighted by molar-refractivity contribution is 6.30. The van der Waals surface area contributed by atoms with Crippen LogP contribution in [-0.4, -0.2) is 35.1 Å². The van der Waals surface area contributed by atoms with Crippen LogP contribution in [-0.2, 0) is 22.6 Å². The lowest BCUT2D eigenvalue weighted by molar-refractivity contribution is -0.150. The highest BCUT2D eigenvalue weighted by Gasteiger charge is 2.27. The molecule has 3 aromatic rings. The number of esters is 1. The lowest BCUT2D eigenvalue weighted by Crippen LogP contribution is -2.39. The fraction of sp³-hybridized carbons (Fsp3) is 0.375. The first-order valence-corrected chi connectivity index (χ1v) is 10.7. The van der Waals surface area contributed by atoms with Crippen molar-refractivity contribution in [1.82, 2.24) is 9.47 Å². The molecule has 1 atom stereocenters. The summed E-state index contributed by atoms with van der Waals surface area (Å²) in [6.45, 7) is 5.73. The number of fused-ring (bicyclic) bond motifs is 1. The Morgan fingerprint density at radius 1 is 1.14 bits per heavy atom. The molecule has 2 heterocycles. The summed E-state index contributed by atoms with van der Waals surface area (Å²) < 4.78 is 7.64. The van der Waals surface area contributed by atoms with Gasteiger partial charge in [-0.05, 0) is 61.5 Å². The third-order valence-electron chi connectivity index (χ3n) is 5.66. The number of nitrogens with zero attached hydrogens (tertiary/aromatic N) is 2. The van der Waals surface area contributed by atoms with E-state index in [2.05, 4.69) is 51.9 Å². The number of ether oxygens (including phenoxy) is 1. The molecule has 1 saturated heterocycles. The number of likely N-dealkylation sites (tertiary alicyclic amines) is 1. The van der Waals surface area contributed by atoms with E-state index in [0.29, 0.717) is 6.61 Å². The van der Waals surface area contributed by atoms with Gasteiger partial charge in [0, 0.05) is 35.9 Å². The molecule has 1 aromatic heterocycles. The van der Waals surface area contributed by atoms with Crippen molar-refractivity contribution in [3.05, 3.63) is 70.9 Å². The van der Waals surface area contributed by atoms with Crippen LogP contribution in [0.4, 0.5) is 0 Å². The summed E-state index contributed by atoms with van der Waals surface area (Å²) in [7, 11) is 0. The van der Waals surface area contributed by atoms with Crippen molar-refractivity contribution in [2.75, 3.05) is 19.7 Å². The van der Waals surface area contributed by atoms with Crippen LogP contribution < -0.4 is 0 Å². The first-order valence-electron chi connectivity index (χ1n) is 10.3. The molecular weight excluding hydrogens is 384 g/mol. The Hall–Kier alpha value is -2.30. The van der Waals surface area contributed by atoms with Gasteiger partial charge in [-0.1, -0.05) is 41.9 Å². The molecule has 0 amide bonds. The molecule has 2 aromatic carbocycles. The summed E-state index contributed by atoms with van der Waals surface area (Å²) in [5, 5.41) is 2.00. The maximum atomic E-state index is 12.2. The van der Waals surface area contributed by atoms with Crippen molar-refractivity contribution in [2.45, 2.75) is 32.9 Å². The first kappa shape index (κ1) is 20.0. The van der Waals surface area contributed by atoms with Crippen molar-refractivity contribution in [1.29, 1.82) is 0 Å². The molecule has 1 aliphatic rings. The number of carbonyl (C=O) groups excluding carboxylic acids is 1. The van der Waals surface area contributed by atoms with Crippen LogP contribution in [0.25, 0.3) is 10.9 Å². The van der Waals surface area contributed by atoms with Crippen LogP contribution in [0.3, 0.4) is 0 Å². The van der Waals surface area contributed by atoms with Crippen molar-refractivity contribution in [2.24, 2.45) is 5.92 Å². The molecule has 0 N–H and O–H groups in total. The van der Waals surface area contributed by atoms with Gasteiger partial charge in [0.25, 0.3) is 0 Å². The number of rotatable bonds is 6. The van der Waals surface area contributed by atoms with Gasteiger partial charge in [-0.2, -0.15) is 0 Å². The summed E-state index contributed by atoms with van der Waals surface area (Å²) in [4.78, 5) is 14.6. The van der Waals surface area contributed by atoms with Crippen LogP contribution in [0.2, 0.25) is 5.02 Å². The van der Waals surface area contributed by atoms with Crippen LogP contribution in [0.15, 0.2) is 54.6 Å². The Balaban J connectivity index is 1.58. The first-order chi connectivity index (χ1) is 14.1. The minimum atomic E-state index is -0.0566. The molecule has 1 aliphatic heterocycles. The van der Waals surface area contributed by atoms with Gasteiger partial charge >= 0.3 is 5.97 Å². The molecule has 0 bridgehead atoms. The minimum Gasteiger partial charge on any atom is -0.466 e. The summed E-state index contributed by atoms with van der Waals surface area (Å²) in [6.07, 6.45) is 1.95. The van der Waals surface area contributed by atoms with Crippen molar-refractivity contribution >= 4 is 28.5 Å². The van der Waals surface area contributed by atoms with E-state index in [1.807, 2.05) is 19.1 Å². The van der Waals surface area contributed by atoms with E-state index in [1.54, 1.807) is 0 Å². The number of aromatic nitrogens is 1. The fourth-order valence-corrected chi connectivity index (χ4v) is 4.36. The largest absolute Gasteiger partial charge is 0.466 e.